The van der Waals surface area contributed by atoms with Crippen molar-refractivity contribution in [3.63, 3.8) is 0 Å². The van der Waals surface area contributed by atoms with Crippen molar-refractivity contribution in [1.29, 1.82) is 0 Å². The van der Waals surface area contributed by atoms with Gasteiger partial charge in [-0.2, -0.15) is 0 Å². The summed E-state index contributed by atoms with van der Waals surface area (Å²) in [5.41, 5.74) is 1.66. The van der Waals surface area contributed by atoms with Crippen LogP contribution in [0.15, 0.2) is 6.07 Å². The van der Waals surface area contributed by atoms with Crippen molar-refractivity contribution in [2.75, 3.05) is 13.1 Å². The summed E-state index contributed by atoms with van der Waals surface area (Å²) in [4.78, 5) is 28.2. The number of likely N-dealkylation sites (tertiary alicyclic amines) is 1. The molecule has 2 heterocycles. The van der Waals surface area contributed by atoms with Gasteiger partial charge in [0.2, 0.25) is 0 Å². The molecule has 1 saturated heterocycles. The second-order valence-electron chi connectivity index (χ2n) is 8.83. The first-order chi connectivity index (χ1) is 11.7. The van der Waals surface area contributed by atoms with Crippen molar-refractivity contribution in [3.05, 3.63) is 21.4 Å². The zero-order valence-electron chi connectivity index (χ0n) is 15.7. The van der Waals surface area contributed by atoms with Crippen LogP contribution < -0.4 is 0 Å². The topological polar surface area (TPSA) is 57.6 Å². The molecule has 0 aromatic carbocycles. The normalized spacial score (nSPS) is 27.0. The van der Waals surface area contributed by atoms with Gasteiger partial charge in [0, 0.05) is 18.0 Å². The zero-order valence-corrected chi connectivity index (χ0v) is 16.5. The number of carboxylic acids is 1. The zero-order chi connectivity index (χ0) is 18.4. The number of hydrogen-bond donors (Lipinski definition) is 1. The van der Waals surface area contributed by atoms with Crippen LogP contribution in [0.4, 0.5) is 0 Å². The summed E-state index contributed by atoms with van der Waals surface area (Å²) in [7, 11) is 0. The lowest BCUT2D eigenvalue weighted by Gasteiger charge is -2.34. The highest BCUT2D eigenvalue weighted by molar-refractivity contribution is 7.14. The third-order valence-electron chi connectivity index (χ3n) is 6.03. The standard InChI is InChI=1S/C20H29NO3S/c1-12-11-21(8-7-15(12)19(23)24)18(22)17-10-13-9-14(20(2,3)4)5-6-16(13)25-17/h10,12,14-15H,5-9,11H2,1-4H3,(H,23,24). The van der Waals surface area contributed by atoms with Crippen LogP contribution in [-0.4, -0.2) is 35.0 Å². The molecule has 1 aromatic heterocycles. The predicted molar refractivity (Wildman–Crippen MR) is 100 cm³/mol. The van der Waals surface area contributed by atoms with E-state index >= 15 is 0 Å². The first-order valence-corrected chi connectivity index (χ1v) is 10.1. The fraction of sp³-hybridized carbons (Fsp3) is 0.700. The molecule has 1 amide bonds. The van der Waals surface area contributed by atoms with E-state index in [1.54, 1.807) is 11.3 Å². The SMILES string of the molecule is CC1CN(C(=O)c2cc3c(s2)CCC(C(C)(C)C)C3)CCC1C(=O)O. The van der Waals surface area contributed by atoms with Gasteiger partial charge in [-0.3, -0.25) is 9.59 Å². The molecule has 25 heavy (non-hydrogen) atoms. The smallest absolute Gasteiger partial charge is 0.306 e. The second-order valence-corrected chi connectivity index (χ2v) is 9.96. The summed E-state index contributed by atoms with van der Waals surface area (Å²) in [6.45, 7) is 9.93. The number of carbonyl (C=O) groups excluding carboxylic acids is 1. The van der Waals surface area contributed by atoms with E-state index in [2.05, 4.69) is 26.8 Å². The Hall–Kier alpha value is -1.36. The van der Waals surface area contributed by atoms with E-state index in [1.807, 2.05) is 11.8 Å². The van der Waals surface area contributed by atoms with E-state index < -0.39 is 5.97 Å². The van der Waals surface area contributed by atoms with Crippen molar-refractivity contribution in [2.24, 2.45) is 23.2 Å². The van der Waals surface area contributed by atoms with Crippen molar-refractivity contribution < 1.29 is 14.7 Å². The molecule has 0 radical (unpaired) electrons. The van der Waals surface area contributed by atoms with E-state index in [0.29, 0.717) is 30.8 Å². The largest absolute Gasteiger partial charge is 0.481 e. The maximum atomic E-state index is 12.9. The summed E-state index contributed by atoms with van der Waals surface area (Å²) in [5, 5.41) is 9.25. The Morgan fingerprint density at radius 2 is 2.00 bits per heavy atom. The number of aliphatic carboxylic acids is 1. The van der Waals surface area contributed by atoms with Crippen molar-refractivity contribution in [3.8, 4) is 0 Å². The first kappa shape index (κ1) is 18.4. The third-order valence-corrected chi connectivity index (χ3v) is 7.25. The number of piperidine rings is 1. The average Bonchev–Trinajstić information content (AvgIpc) is 2.95. The molecule has 0 saturated carbocycles. The number of amides is 1. The van der Waals surface area contributed by atoms with Crippen LogP contribution in [0, 0.1) is 23.2 Å². The van der Waals surface area contributed by atoms with E-state index in [-0.39, 0.29) is 17.7 Å². The highest BCUT2D eigenvalue weighted by Gasteiger charge is 2.35. The molecule has 1 aromatic rings. The van der Waals surface area contributed by atoms with E-state index in [9.17, 15) is 14.7 Å². The molecule has 1 fully saturated rings. The minimum absolute atomic E-state index is 0.00931. The van der Waals surface area contributed by atoms with Gasteiger partial charge in [-0.05, 0) is 54.6 Å². The second kappa shape index (κ2) is 6.75. The van der Waals surface area contributed by atoms with Crippen LogP contribution in [0.5, 0.6) is 0 Å². The molecule has 0 bridgehead atoms. The van der Waals surface area contributed by atoms with E-state index in [4.69, 9.17) is 0 Å². The Kier molecular flexibility index (Phi) is 4.97. The quantitative estimate of drug-likeness (QED) is 0.861. The molecular weight excluding hydrogens is 334 g/mol. The maximum Gasteiger partial charge on any atom is 0.306 e. The van der Waals surface area contributed by atoms with Gasteiger partial charge in [-0.1, -0.05) is 27.7 Å². The van der Waals surface area contributed by atoms with Crippen LogP contribution in [0.1, 0.15) is 60.6 Å². The van der Waals surface area contributed by atoms with Crippen molar-refractivity contribution >= 4 is 23.2 Å². The van der Waals surface area contributed by atoms with Gasteiger partial charge in [0.1, 0.15) is 0 Å². The Labute approximate surface area is 154 Å². The van der Waals surface area contributed by atoms with Crippen LogP contribution in [0.25, 0.3) is 0 Å². The predicted octanol–water partition coefficient (Wildman–Crippen LogP) is 4.08. The number of thiophene rings is 1. The molecule has 1 aliphatic heterocycles. The van der Waals surface area contributed by atoms with E-state index in [0.717, 1.165) is 17.7 Å². The van der Waals surface area contributed by atoms with Crippen LogP contribution in [0.3, 0.4) is 0 Å². The Bertz CT molecular complexity index is 673. The Morgan fingerprint density at radius 3 is 2.60 bits per heavy atom. The summed E-state index contributed by atoms with van der Waals surface area (Å²) >= 11 is 1.65. The van der Waals surface area contributed by atoms with Gasteiger partial charge in [0.25, 0.3) is 5.91 Å². The molecule has 2 aliphatic rings. The minimum atomic E-state index is -0.737. The lowest BCUT2D eigenvalue weighted by molar-refractivity contribution is -0.145. The van der Waals surface area contributed by atoms with Crippen LogP contribution in [0.2, 0.25) is 0 Å². The summed E-state index contributed by atoms with van der Waals surface area (Å²) in [6, 6.07) is 2.11. The molecule has 5 heteroatoms. The van der Waals surface area contributed by atoms with Crippen LogP contribution >= 0.6 is 11.3 Å². The number of nitrogens with zero attached hydrogens (tertiary/aromatic N) is 1. The summed E-state index contributed by atoms with van der Waals surface area (Å²) in [5.74, 6) is -0.297. The molecule has 3 rings (SSSR count). The molecule has 1 N–H and O–H groups in total. The fourth-order valence-electron chi connectivity index (χ4n) is 4.22. The average molecular weight is 364 g/mol. The van der Waals surface area contributed by atoms with Gasteiger partial charge in [-0.15, -0.1) is 11.3 Å². The minimum Gasteiger partial charge on any atom is -0.481 e. The fourth-order valence-corrected chi connectivity index (χ4v) is 5.40. The van der Waals surface area contributed by atoms with E-state index in [1.165, 1.54) is 16.9 Å². The number of carboxylic acid groups (broad SMARTS) is 1. The molecule has 3 atom stereocenters. The third kappa shape index (κ3) is 3.76. The Balaban J connectivity index is 1.71. The number of hydrogen-bond acceptors (Lipinski definition) is 3. The van der Waals surface area contributed by atoms with Gasteiger partial charge >= 0.3 is 5.97 Å². The highest BCUT2D eigenvalue weighted by Crippen LogP contribution is 2.40. The lowest BCUT2D eigenvalue weighted by Crippen LogP contribution is -2.44. The summed E-state index contributed by atoms with van der Waals surface area (Å²) < 4.78 is 0. The van der Waals surface area contributed by atoms with Crippen molar-refractivity contribution in [1.82, 2.24) is 4.90 Å². The maximum absolute atomic E-state index is 12.9. The van der Waals surface area contributed by atoms with Crippen molar-refractivity contribution in [2.45, 2.75) is 53.4 Å². The number of carbonyl (C=O) groups is 2. The summed E-state index contributed by atoms with van der Waals surface area (Å²) in [6.07, 6.45) is 3.90. The molecule has 138 valence electrons. The van der Waals surface area contributed by atoms with Crippen LogP contribution in [-0.2, 0) is 17.6 Å². The molecule has 1 aliphatic carbocycles. The molecular formula is C20H29NO3S. The van der Waals surface area contributed by atoms with Gasteiger partial charge in [-0.25, -0.2) is 0 Å². The molecule has 0 spiro atoms. The van der Waals surface area contributed by atoms with Gasteiger partial charge in [0.15, 0.2) is 0 Å². The van der Waals surface area contributed by atoms with Gasteiger partial charge in [0.05, 0.1) is 10.8 Å². The molecule has 4 nitrogen and oxygen atoms in total. The monoisotopic (exact) mass is 363 g/mol. The number of aryl methyl sites for hydroxylation is 1. The number of fused-ring (bicyclic) bond motifs is 1. The van der Waals surface area contributed by atoms with Gasteiger partial charge < -0.3 is 10.0 Å². The first-order valence-electron chi connectivity index (χ1n) is 9.30. The Morgan fingerprint density at radius 1 is 1.28 bits per heavy atom. The highest BCUT2D eigenvalue weighted by atomic mass is 32.1. The molecule has 3 unspecified atom stereocenters. The number of rotatable bonds is 2. The lowest BCUT2D eigenvalue weighted by atomic mass is 9.72.